The molecule has 19 heavy (non-hydrogen) atoms. The second-order valence-electron chi connectivity index (χ2n) is 4.93. The summed E-state index contributed by atoms with van der Waals surface area (Å²) < 4.78 is 5.67. The summed E-state index contributed by atoms with van der Waals surface area (Å²) in [5, 5.41) is 17.6. The van der Waals surface area contributed by atoms with Gasteiger partial charge in [-0.05, 0) is 36.9 Å². The van der Waals surface area contributed by atoms with Gasteiger partial charge in [0.25, 0.3) is 0 Å². The minimum atomic E-state index is -1.22. The fraction of sp³-hybridized carbons (Fsp3) is 0.600. The molecule has 0 unspecified atom stereocenters. The smallest absolute Gasteiger partial charge is 0.451 e. The summed E-state index contributed by atoms with van der Waals surface area (Å²) in [5.41, 5.74) is 1.10. The van der Waals surface area contributed by atoms with Crippen LogP contribution in [0.5, 0.6) is 5.75 Å². The standard InChI is InChI=1S/C15H25BO3/c1-2-3-4-5-6-13-19-15-9-7-14(8-10-15)11-12-16(17)18/h7-10,17-18H,2-6,11-13H2,1H3. The molecule has 0 atom stereocenters. The van der Waals surface area contributed by atoms with Gasteiger partial charge in [0, 0.05) is 0 Å². The molecule has 0 fully saturated rings. The lowest BCUT2D eigenvalue weighted by molar-refractivity contribution is 0.304. The molecule has 0 bridgehead atoms. The zero-order chi connectivity index (χ0) is 13.9. The number of hydrogen-bond donors (Lipinski definition) is 2. The summed E-state index contributed by atoms with van der Waals surface area (Å²) in [6.45, 7) is 2.99. The predicted octanol–water partition coefficient (Wildman–Crippen LogP) is 3.05. The average molecular weight is 264 g/mol. The van der Waals surface area contributed by atoms with Crippen molar-refractivity contribution in [3.8, 4) is 5.75 Å². The molecule has 0 aromatic heterocycles. The van der Waals surface area contributed by atoms with E-state index in [0.717, 1.165) is 24.3 Å². The SMILES string of the molecule is CCCCCCCOc1ccc(CCB(O)O)cc1. The van der Waals surface area contributed by atoms with E-state index in [9.17, 15) is 0 Å². The molecular formula is C15H25BO3. The van der Waals surface area contributed by atoms with Gasteiger partial charge in [-0.25, -0.2) is 0 Å². The highest BCUT2D eigenvalue weighted by molar-refractivity contribution is 6.40. The van der Waals surface area contributed by atoms with Crippen molar-refractivity contribution >= 4 is 7.12 Å². The van der Waals surface area contributed by atoms with Gasteiger partial charge in [-0.1, -0.05) is 44.7 Å². The molecule has 0 radical (unpaired) electrons. The molecule has 4 heteroatoms. The third-order valence-corrected chi connectivity index (χ3v) is 3.13. The number of aryl methyl sites for hydroxylation is 1. The molecule has 0 aliphatic carbocycles. The van der Waals surface area contributed by atoms with Crippen LogP contribution in [0, 0.1) is 0 Å². The Morgan fingerprint density at radius 1 is 1.00 bits per heavy atom. The normalized spacial score (nSPS) is 10.5. The van der Waals surface area contributed by atoms with Gasteiger partial charge in [0.1, 0.15) is 5.75 Å². The van der Waals surface area contributed by atoms with Crippen molar-refractivity contribution in [2.75, 3.05) is 6.61 Å². The van der Waals surface area contributed by atoms with E-state index in [1.807, 2.05) is 24.3 Å². The highest BCUT2D eigenvalue weighted by atomic mass is 16.5. The van der Waals surface area contributed by atoms with Gasteiger partial charge < -0.3 is 14.8 Å². The second kappa shape index (κ2) is 9.87. The highest BCUT2D eigenvalue weighted by Crippen LogP contribution is 2.14. The molecule has 0 saturated carbocycles. The Balaban J connectivity index is 2.17. The summed E-state index contributed by atoms with van der Waals surface area (Å²) >= 11 is 0. The predicted molar refractivity (Wildman–Crippen MR) is 79.4 cm³/mol. The van der Waals surface area contributed by atoms with Crippen LogP contribution in [0.2, 0.25) is 6.32 Å². The summed E-state index contributed by atoms with van der Waals surface area (Å²) in [6, 6.07) is 7.86. The number of ether oxygens (including phenoxy) is 1. The first-order valence-corrected chi connectivity index (χ1v) is 7.30. The molecule has 0 spiro atoms. The number of unbranched alkanes of at least 4 members (excludes halogenated alkanes) is 4. The zero-order valence-electron chi connectivity index (χ0n) is 11.8. The van der Waals surface area contributed by atoms with E-state index in [-0.39, 0.29) is 0 Å². The van der Waals surface area contributed by atoms with Crippen molar-refractivity contribution in [2.24, 2.45) is 0 Å². The van der Waals surface area contributed by atoms with Crippen LogP contribution >= 0.6 is 0 Å². The summed E-state index contributed by atoms with van der Waals surface area (Å²) in [4.78, 5) is 0. The summed E-state index contributed by atoms with van der Waals surface area (Å²) in [5.74, 6) is 0.892. The minimum Gasteiger partial charge on any atom is -0.494 e. The Morgan fingerprint density at radius 3 is 2.32 bits per heavy atom. The monoisotopic (exact) mass is 264 g/mol. The molecule has 3 nitrogen and oxygen atoms in total. The molecule has 0 amide bonds. The van der Waals surface area contributed by atoms with Crippen LogP contribution < -0.4 is 4.74 Å². The second-order valence-corrected chi connectivity index (χ2v) is 4.93. The van der Waals surface area contributed by atoms with Crippen molar-refractivity contribution in [2.45, 2.75) is 51.8 Å². The number of rotatable bonds is 10. The Kier molecular flexibility index (Phi) is 8.35. The number of hydrogen-bond acceptors (Lipinski definition) is 3. The average Bonchev–Trinajstić information content (AvgIpc) is 2.41. The first kappa shape index (κ1) is 16.1. The van der Waals surface area contributed by atoms with Gasteiger partial charge in [0.05, 0.1) is 6.61 Å². The lowest BCUT2D eigenvalue weighted by Gasteiger charge is -2.07. The van der Waals surface area contributed by atoms with E-state index in [2.05, 4.69) is 6.92 Å². The maximum atomic E-state index is 8.80. The largest absolute Gasteiger partial charge is 0.494 e. The first-order valence-electron chi connectivity index (χ1n) is 7.30. The Labute approximate surface area is 116 Å². The van der Waals surface area contributed by atoms with Crippen LogP contribution in [-0.2, 0) is 6.42 Å². The van der Waals surface area contributed by atoms with E-state index < -0.39 is 7.12 Å². The van der Waals surface area contributed by atoms with Crippen molar-refractivity contribution in [1.29, 1.82) is 0 Å². The zero-order valence-corrected chi connectivity index (χ0v) is 11.8. The Morgan fingerprint density at radius 2 is 1.68 bits per heavy atom. The topological polar surface area (TPSA) is 49.7 Å². The van der Waals surface area contributed by atoms with E-state index in [1.165, 1.54) is 25.7 Å². The third kappa shape index (κ3) is 7.91. The quantitative estimate of drug-likeness (QED) is 0.504. The van der Waals surface area contributed by atoms with Crippen LogP contribution in [0.15, 0.2) is 24.3 Å². The highest BCUT2D eigenvalue weighted by Gasteiger charge is 2.06. The first-order chi connectivity index (χ1) is 9.22. The molecule has 1 aromatic carbocycles. The maximum Gasteiger partial charge on any atom is 0.451 e. The van der Waals surface area contributed by atoms with Gasteiger partial charge in [-0.3, -0.25) is 0 Å². The van der Waals surface area contributed by atoms with E-state index in [0.29, 0.717) is 12.7 Å². The van der Waals surface area contributed by atoms with Gasteiger partial charge in [-0.15, -0.1) is 0 Å². The van der Waals surface area contributed by atoms with Crippen molar-refractivity contribution < 1.29 is 14.8 Å². The van der Waals surface area contributed by atoms with Crippen molar-refractivity contribution in [3.63, 3.8) is 0 Å². The molecule has 0 aliphatic heterocycles. The molecule has 1 rings (SSSR count). The van der Waals surface area contributed by atoms with Crippen LogP contribution in [0.25, 0.3) is 0 Å². The van der Waals surface area contributed by atoms with E-state index >= 15 is 0 Å². The van der Waals surface area contributed by atoms with Crippen LogP contribution in [0.4, 0.5) is 0 Å². The molecule has 2 N–H and O–H groups in total. The van der Waals surface area contributed by atoms with E-state index in [1.54, 1.807) is 0 Å². The Hall–Kier alpha value is -0.995. The van der Waals surface area contributed by atoms with Gasteiger partial charge in [-0.2, -0.15) is 0 Å². The maximum absolute atomic E-state index is 8.80. The van der Waals surface area contributed by atoms with Gasteiger partial charge in [0.15, 0.2) is 0 Å². The van der Waals surface area contributed by atoms with Gasteiger partial charge in [0.2, 0.25) is 0 Å². The summed E-state index contributed by atoms with van der Waals surface area (Å²) in [7, 11) is -1.22. The minimum absolute atomic E-state index is 0.373. The molecule has 1 aromatic rings. The van der Waals surface area contributed by atoms with Crippen LogP contribution in [0.3, 0.4) is 0 Å². The molecule has 0 heterocycles. The van der Waals surface area contributed by atoms with Crippen LogP contribution in [0.1, 0.15) is 44.6 Å². The third-order valence-electron chi connectivity index (χ3n) is 3.13. The molecule has 0 aliphatic rings. The van der Waals surface area contributed by atoms with Crippen molar-refractivity contribution in [1.82, 2.24) is 0 Å². The van der Waals surface area contributed by atoms with Crippen LogP contribution in [-0.4, -0.2) is 23.8 Å². The molecule has 0 saturated heterocycles. The lowest BCUT2D eigenvalue weighted by Crippen LogP contribution is -2.11. The molecule has 106 valence electrons. The fourth-order valence-electron chi connectivity index (χ4n) is 1.94. The lowest BCUT2D eigenvalue weighted by atomic mass is 9.83. The fourth-order valence-corrected chi connectivity index (χ4v) is 1.94. The number of benzene rings is 1. The molecular weight excluding hydrogens is 239 g/mol. The van der Waals surface area contributed by atoms with Gasteiger partial charge >= 0.3 is 7.12 Å². The summed E-state index contributed by atoms with van der Waals surface area (Å²) in [6.07, 6.45) is 7.27. The van der Waals surface area contributed by atoms with Crippen molar-refractivity contribution in [3.05, 3.63) is 29.8 Å². The van der Waals surface area contributed by atoms with E-state index in [4.69, 9.17) is 14.8 Å². The Bertz CT molecular complexity index is 325.